The van der Waals surface area contributed by atoms with Crippen LogP contribution >= 0.6 is 0 Å². The molecule has 0 saturated carbocycles. The minimum absolute atomic E-state index is 0.0136. The molecular formula is C15H23F3N2O5. The first-order chi connectivity index (χ1) is 11.5. The van der Waals surface area contributed by atoms with Gasteiger partial charge in [0.25, 0.3) is 5.91 Å². The van der Waals surface area contributed by atoms with Crippen molar-refractivity contribution >= 4 is 17.8 Å². The number of carbonyl (C=O) groups excluding carboxylic acids is 3. The summed E-state index contributed by atoms with van der Waals surface area (Å²) in [6.45, 7) is 4.79. The number of hydrogen-bond donors (Lipinski definition) is 2. The normalized spacial score (nSPS) is 20.8. The van der Waals surface area contributed by atoms with Gasteiger partial charge in [-0.05, 0) is 19.3 Å². The molecule has 0 aliphatic carbocycles. The first-order valence-corrected chi connectivity index (χ1v) is 8.02. The minimum atomic E-state index is -4.38. The number of amides is 2. The highest BCUT2D eigenvalue weighted by atomic mass is 19.4. The number of epoxide rings is 1. The molecule has 1 aliphatic rings. The lowest BCUT2D eigenvalue weighted by Crippen LogP contribution is -2.49. The minimum Gasteiger partial charge on any atom is -0.464 e. The lowest BCUT2D eigenvalue weighted by Gasteiger charge is -2.20. The molecule has 0 aromatic heterocycles. The largest absolute Gasteiger partial charge is 0.464 e. The van der Waals surface area contributed by atoms with E-state index in [4.69, 9.17) is 9.47 Å². The molecule has 2 N–H and O–H groups in total. The fourth-order valence-electron chi connectivity index (χ4n) is 2.12. The van der Waals surface area contributed by atoms with Crippen LogP contribution in [0.25, 0.3) is 0 Å². The van der Waals surface area contributed by atoms with Crippen molar-refractivity contribution in [2.24, 2.45) is 5.92 Å². The zero-order valence-corrected chi connectivity index (χ0v) is 14.3. The van der Waals surface area contributed by atoms with Crippen molar-refractivity contribution in [3.05, 3.63) is 0 Å². The number of esters is 1. The maximum atomic E-state index is 12.1. The Morgan fingerprint density at radius 1 is 1.20 bits per heavy atom. The van der Waals surface area contributed by atoms with E-state index >= 15 is 0 Å². The molecule has 1 rings (SSSR count). The summed E-state index contributed by atoms with van der Waals surface area (Å²) in [5, 5.41) is 4.58. The molecule has 2 amide bonds. The second-order valence-electron chi connectivity index (χ2n) is 6.08. The molecule has 10 heteroatoms. The molecule has 0 aromatic carbocycles. The van der Waals surface area contributed by atoms with Crippen molar-refractivity contribution in [1.82, 2.24) is 10.6 Å². The first-order valence-electron chi connectivity index (χ1n) is 8.02. The molecule has 0 bridgehead atoms. The Bertz CT molecular complexity index is 496. The van der Waals surface area contributed by atoms with E-state index in [-0.39, 0.29) is 18.9 Å². The quantitative estimate of drug-likeness (QED) is 0.466. The Labute approximate surface area is 143 Å². The Morgan fingerprint density at radius 3 is 2.36 bits per heavy atom. The average molecular weight is 368 g/mol. The van der Waals surface area contributed by atoms with Gasteiger partial charge in [0, 0.05) is 6.54 Å². The maximum absolute atomic E-state index is 12.1. The van der Waals surface area contributed by atoms with Crippen LogP contribution in [-0.4, -0.2) is 55.4 Å². The van der Waals surface area contributed by atoms with Crippen molar-refractivity contribution in [1.29, 1.82) is 0 Å². The van der Waals surface area contributed by atoms with Gasteiger partial charge in [0.2, 0.25) is 5.91 Å². The third kappa shape index (κ3) is 7.72. The van der Waals surface area contributed by atoms with Gasteiger partial charge in [0.15, 0.2) is 12.2 Å². The second kappa shape index (κ2) is 9.02. The highest BCUT2D eigenvalue weighted by molar-refractivity contribution is 5.95. The molecule has 0 unspecified atom stereocenters. The number of hydrogen-bond acceptors (Lipinski definition) is 5. The lowest BCUT2D eigenvalue weighted by atomic mass is 10.0. The zero-order chi connectivity index (χ0) is 19.2. The molecule has 25 heavy (non-hydrogen) atoms. The molecule has 0 radical (unpaired) electrons. The molecule has 0 aromatic rings. The van der Waals surface area contributed by atoms with Crippen LogP contribution < -0.4 is 10.6 Å². The van der Waals surface area contributed by atoms with Gasteiger partial charge in [-0.3, -0.25) is 9.59 Å². The molecule has 1 saturated heterocycles. The fourth-order valence-corrected chi connectivity index (χ4v) is 2.12. The van der Waals surface area contributed by atoms with Crippen molar-refractivity contribution in [2.45, 2.75) is 58.0 Å². The SMILES string of the molecule is CCOC(=O)[C@H]1O[C@@H]1C(=O)N[C@@H](CC(C)C)C(=O)NCCC(F)(F)F. The summed E-state index contributed by atoms with van der Waals surface area (Å²) in [7, 11) is 0. The number of nitrogens with one attached hydrogen (secondary N) is 2. The Hall–Kier alpha value is -1.84. The van der Waals surface area contributed by atoms with E-state index in [1.165, 1.54) is 0 Å². The summed E-state index contributed by atoms with van der Waals surface area (Å²) in [5.74, 6) is -2.04. The van der Waals surface area contributed by atoms with E-state index in [0.29, 0.717) is 0 Å². The third-order valence-electron chi connectivity index (χ3n) is 3.32. The molecule has 1 heterocycles. The fraction of sp³-hybridized carbons (Fsp3) is 0.800. The average Bonchev–Trinajstić information content (AvgIpc) is 3.25. The Morgan fingerprint density at radius 2 is 1.84 bits per heavy atom. The molecule has 144 valence electrons. The van der Waals surface area contributed by atoms with Crippen LogP contribution in [0.1, 0.15) is 33.6 Å². The van der Waals surface area contributed by atoms with Crippen LogP contribution in [0.15, 0.2) is 0 Å². The van der Waals surface area contributed by atoms with E-state index in [2.05, 4.69) is 10.6 Å². The van der Waals surface area contributed by atoms with Gasteiger partial charge in [-0.15, -0.1) is 0 Å². The van der Waals surface area contributed by atoms with Gasteiger partial charge in [0.1, 0.15) is 6.04 Å². The number of rotatable bonds is 9. The zero-order valence-electron chi connectivity index (χ0n) is 14.3. The molecule has 3 atom stereocenters. The summed E-state index contributed by atoms with van der Waals surface area (Å²) in [6.07, 6.45) is -7.35. The van der Waals surface area contributed by atoms with Gasteiger partial charge in [-0.2, -0.15) is 13.2 Å². The summed E-state index contributed by atoms with van der Waals surface area (Å²) in [6, 6.07) is -1.01. The lowest BCUT2D eigenvalue weighted by molar-refractivity contribution is -0.144. The van der Waals surface area contributed by atoms with Crippen LogP contribution in [0.3, 0.4) is 0 Å². The number of ether oxygens (including phenoxy) is 2. The van der Waals surface area contributed by atoms with Crippen LogP contribution in [-0.2, 0) is 23.9 Å². The van der Waals surface area contributed by atoms with Gasteiger partial charge in [-0.25, -0.2) is 4.79 Å². The Balaban J connectivity index is 2.54. The van der Waals surface area contributed by atoms with Gasteiger partial charge >= 0.3 is 12.1 Å². The van der Waals surface area contributed by atoms with Crippen molar-refractivity contribution in [3.8, 4) is 0 Å². The van der Waals surface area contributed by atoms with Crippen LogP contribution in [0, 0.1) is 5.92 Å². The smallest absolute Gasteiger partial charge is 0.390 e. The van der Waals surface area contributed by atoms with Gasteiger partial charge < -0.3 is 20.1 Å². The molecule has 1 aliphatic heterocycles. The first kappa shape index (κ1) is 21.2. The second-order valence-corrected chi connectivity index (χ2v) is 6.08. The molecule has 7 nitrogen and oxygen atoms in total. The number of alkyl halides is 3. The van der Waals surface area contributed by atoms with E-state index in [9.17, 15) is 27.6 Å². The van der Waals surface area contributed by atoms with Gasteiger partial charge in [-0.1, -0.05) is 13.8 Å². The standard InChI is InChI=1S/C15H23F3N2O5/c1-4-24-14(23)11-10(25-11)13(22)20-9(7-8(2)3)12(21)19-6-5-15(16,17)18/h8-11H,4-7H2,1-3H3,(H,19,21)(H,20,22)/t9-,10-,11-/m0/s1. The molecule has 0 spiro atoms. The van der Waals surface area contributed by atoms with Gasteiger partial charge in [0.05, 0.1) is 13.0 Å². The number of halogens is 3. The van der Waals surface area contributed by atoms with E-state index < -0.39 is 55.2 Å². The molecular weight excluding hydrogens is 345 g/mol. The summed E-state index contributed by atoms with van der Waals surface area (Å²) in [4.78, 5) is 35.5. The van der Waals surface area contributed by atoms with Crippen molar-refractivity contribution < 1.29 is 37.0 Å². The molecule has 1 fully saturated rings. The summed E-state index contributed by atoms with van der Waals surface area (Å²) in [5.41, 5.74) is 0. The van der Waals surface area contributed by atoms with Crippen molar-refractivity contribution in [2.75, 3.05) is 13.2 Å². The highest BCUT2D eigenvalue weighted by Gasteiger charge is 2.52. The van der Waals surface area contributed by atoms with E-state index in [1.807, 2.05) is 0 Å². The van der Waals surface area contributed by atoms with Crippen LogP contribution in [0.5, 0.6) is 0 Å². The monoisotopic (exact) mass is 368 g/mol. The predicted molar refractivity (Wildman–Crippen MR) is 80.4 cm³/mol. The Kier molecular flexibility index (Phi) is 7.65. The van der Waals surface area contributed by atoms with E-state index in [0.717, 1.165) is 0 Å². The number of carbonyl (C=O) groups is 3. The van der Waals surface area contributed by atoms with E-state index in [1.54, 1.807) is 20.8 Å². The predicted octanol–water partition coefficient (Wildman–Crippen LogP) is 0.916. The van der Waals surface area contributed by atoms with Crippen molar-refractivity contribution in [3.63, 3.8) is 0 Å². The summed E-state index contributed by atoms with van der Waals surface area (Å²) < 4.78 is 46.1. The highest BCUT2D eigenvalue weighted by Crippen LogP contribution is 2.24. The maximum Gasteiger partial charge on any atom is 0.390 e. The van der Waals surface area contributed by atoms with Crippen LogP contribution in [0.2, 0.25) is 0 Å². The third-order valence-corrected chi connectivity index (χ3v) is 3.32. The summed E-state index contributed by atoms with van der Waals surface area (Å²) >= 11 is 0. The van der Waals surface area contributed by atoms with Crippen LogP contribution in [0.4, 0.5) is 13.2 Å². The topological polar surface area (TPSA) is 97.0 Å².